The molecule has 0 radical (unpaired) electrons. The lowest BCUT2D eigenvalue weighted by atomic mass is 9.99. The van der Waals surface area contributed by atoms with Crippen LogP contribution in [0.4, 0.5) is 5.69 Å². The van der Waals surface area contributed by atoms with Gasteiger partial charge in [-0.1, -0.05) is 0 Å². The van der Waals surface area contributed by atoms with Gasteiger partial charge in [-0.25, -0.2) is 0 Å². The molecular weight excluding hydrogens is 268 g/mol. The van der Waals surface area contributed by atoms with Crippen LogP contribution in [-0.4, -0.2) is 41.5 Å². The lowest BCUT2D eigenvalue weighted by molar-refractivity contribution is -0.386. The summed E-state index contributed by atoms with van der Waals surface area (Å²) in [7, 11) is 2.06. The third-order valence-corrected chi connectivity index (χ3v) is 4.15. The molecule has 1 saturated heterocycles. The fourth-order valence-electron chi connectivity index (χ4n) is 3.05. The summed E-state index contributed by atoms with van der Waals surface area (Å²) in [6.07, 6.45) is 4.08. The minimum Gasteiger partial charge on any atom is -0.316 e. The molecule has 1 aliphatic heterocycles. The Morgan fingerprint density at radius 1 is 1.52 bits per heavy atom. The fraction of sp³-hybridized carbons (Fsp3) is 0.667. The number of rotatable bonds is 5. The summed E-state index contributed by atoms with van der Waals surface area (Å²) in [6.45, 7) is 7.36. The van der Waals surface area contributed by atoms with Crippen molar-refractivity contribution in [2.75, 3.05) is 26.7 Å². The van der Waals surface area contributed by atoms with E-state index in [0.29, 0.717) is 23.6 Å². The molecule has 1 aromatic rings. The van der Waals surface area contributed by atoms with Crippen LogP contribution in [0.25, 0.3) is 0 Å². The summed E-state index contributed by atoms with van der Waals surface area (Å²) in [5, 5.41) is 14.6. The van der Waals surface area contributed by atoms with Gasteiger partial charge in [0.2, 0.25) is 0 Å². The number of hydrogen-bond acceptors (Lipinski definition) is 5. The normalized spacial score (nSPS) is 19.0. The lowest BCUT2D eigenvalue weighted by Gasteiger charge is -2.27. The van der Waals surface area contributed by atoms with Gasteiger partial charge in [0.25, 0.3) is 5.69 Å². The van der Waals surface area contributed by atoms with Gasteiger partial charge >= 0.3 is 0 Å². The number of pyridine rings is 1. The summed E-state index contributed by atoms with van der Waals surface area (Å²) in [5.41, 5.74) is 2.32. The number of piperidine rings is 1. The molecule has 0 aliphatic carbocycles. The molecule has 1 aromatic heterocycles. The number of nitrogens with one attached hydrogen (secondary N) is 1. The second kappa shape index (κ2) is 6.95. The molecule has 0 spiro atoms. The van der Waals surface area contributed by atoms with Gasteiger partial charge in [0.05, 0.1) is 10.6 Å². The van der Waals surface area contributed by atoms with Crippen molar-refractivity contribution in [1.82, 2.24) is 15.2 Å². The van der Waals surface area contributed by atoms with E-state index < -0.39 is 0 Å². The van der Waals surface area contributed by atoms with Crippen molar-refractivity contribution < 1.29 is 4.92 Å². The van der Waals surface area contributed by atoms with Crippen molar-refractivity contribution in [3.63, 3.8) is 0 Å². The Labute approximate surface area is 125 Å². The van der Waals surface area contributed by atoms with E-state index in [0.717, 1.165) is 25.3 Å². The summed E-state index contributed by atoms with van der Waals surface area (Å²) >= 11 is 0. The molecule has 1 fully saturated rings. The predicted octanol–water partition coefficient (Wildman–Crippen LogP) is 2.04. The van der Waals surface area contributed by atoms with E-state index in [-0.39, 0.29) is 10.6 Å². The van der Waals surface area contributed by atoms with E-state index >= 15 is 0 Å². The maximum atomic E-state index is 11.2. The molecule has 6 heteroatoms. The van der Waals surface area contributed by atoms with E-state index in [1.54, 1.807) is 20.0 Å². The molecular formula is C15H24N4O2. The first kappa shape index (κ1) is 15.9. The van der Waals surface area contributed by atoms with Crippen LogP contribution in [0.3, 0.4) is 0 Å². The summed E-state index contributed by atoms with van der Waals surface area (Å²) in [6, 6.07) is 0. The number of hydrogen-bond donors (Lipinski definition) is 1. The maximum Gasteiger partial charge on any atom is 0.278 e. The third-order valence-electron chi connectivity index (χ3n) is 4.15. The van der Waals surface area contributed by atoms with Gasteiger partial charge < -0.3 is 10.2 Å². The van der Waals surface area contributed by atoms with Gasteiger partial charge in [-0.15, -0.1) is 0 Å². The molecule has 1 unspecified atom stereocenters. The fourth-order valence-corrected chi connectivity index (χ4v) is 3.05. The van der Waals surface area contributed by atoms with Gasteiger partial charge in [-0.3, -0.25) is 15.1 Å². The first-order chi connectivity index (χ1) is 9.99. The predicted molar refractivity (Wildman–Crippen MR) is 82.3 cm³/mol. The highest BCUT2D eigenvalue weighted by Gasteiger charge is 2.20. The highest BCUT2D eigenvalue weighted by molar-refractivity contribution is 5.47. The monoisotopic (exact) mass is 292 g/mol. The van der Waals surface area contributed by atoms with E-state index in [1.165, 1.54) is 12.8 Å². The molecule has 21 heavy (non-hydrogen) atoms. The van der Waals surface area contributed by atoms with Gasteiger partial charge in [-0.05, 0) is 52.7 Å². The summed E-state index contributed by atoms with van der Waals surface area (Å²) in [4.78, 5) is 17.5. The van der Waals surface area contributed by atoms with Crippen LogP contribution in [0.2, 0.25) is 0 Å². The Morgan fingerprint density at radius 2 is 2.29 bits per heavy atom. The van der Waals surface area contributed by atoms with Crippen molar-refractivity contribution >= 4 is 5.69 Å². The Hall–Kier alpha value is -1.53. The minimum atomic E-state index is -0.305. The van der Waals surface area contributed by atoms with E-state index in [2.05, 4.69) is 22.2 Å². The lowest BCUT2D eigenvalue weighted by Crippen LogP contribution is -2.36. The average molecular weight is 292 g/mol. The van der Waals surface area contributed by atoms with E-state index in [9.17, 15) is 10.1 Å². The number of nitro groups is 1. The zero-order valence-electron chi connectivity index (χ0n) is 13.1. The van der Waals surface area contributed by atoms with Gasteiger partial charge in [0.1, 0.15) is 0 Å². The van der Waals surface area contributed by atoms with E-state index in [1.807, 2.05) is 0 Å². The standard InChI is InChI=1S/C15H24N4O2/c1-11-7-17-14(12(2)15(11)19(20)21)10-18(3)9-13-5-4-6-16-8-13/h7,13,16H,4-6,8-10H2,1-3H3. The Kier molecular flexibility index (Phi) is 5.25. The summed E-state index contributed by atoms with van der Waals surface area (Å²) < 4.78 is 0. The van der Waals surface area contributed by atoms with E-state index in [4.69, 9.17) is 0 Å². The quantitative estimate of drug-likeness (QED) is 0.664. The van der Waals surface area contributed by atoms with Gasteiger partial charge in [0, 0.05) is 30.4 Å². The smallest absolute Gasteiger partial charge is 0.278 e. The Bertz CT molecular complexity index is 513. The Balaban J connectivity index is 2.05. The number of aryl methyl sites for hydroxylation is 1. The SMILES string of the molecule is Cc1cnc(CN(C)CC2CCCNC2)c(C)c1[N+](=O)[O-]. The first-order valence-corrected chi connectivity index (χ1v) is 7.47. The molecule has 0 aromatic carbocycles. The van der Waals surface area contributed by atoms with Crippen molar-refractivity contribution in [2.45, 2.75) is 33.2 Å². The van der Waals surface area contributed by atoms with Crippen LogP contribution in [-0.2, 0) is 6.54 Å². The zero-order chi connectivity index (χ0) is 15.4. The second-order valence-electron chi connectivity index (χ2n) is 6.03. The zero-order valence-corrected chi connectivity index (χ0v) is 13.1. The molecule has 1 N–H and O–H groups in total. The van der Waals surface area contributed by atoms with Crippen molar-refractivity contribution in [3.05, 3.63) is 33.1 Å². The molecule has 1 aliphatic rings. The van der Waals surface area contributed by atoms with Gasteiger partial charge in [0.15, 0.2) is 0 Å². The van der Waals surface area contributed by atoms with Crippen LogP contribution < -0.4 is 5.32 Å². The van der Waals surface area contributed by atoms with Crippen LogP contribution in [0, 0.1) is 29.9 Å². The second-order valence-corrected chi connectivity index (χ2v) is 6.03. The van der Waals surface area contributed by atoms with Crippen molar-refractivity contribution in [2.24, 2.45) is 5.92 Å². The van der Waals surface area contributed by atoms with Crippen LogP contribution in [0.5, 0.6) is 0 Å². The maximum absolute atomic E-state index is 11.2. The first-order valence-electron chi connectivity index (χ1n) is 7.47. The third kappa shape index (κ3) is 3.98. The number of aromatic nitrogens is 1. The Morgan fingerprint density at radius 3 is 2.90 bits per heavy atom. The highest BCUT2D eigenvalue weighted by atomic mass is 16.6. The van der Waals surface area contributed by atoms with Crippen LogP contribution >= 0.6 is 0 Å². The summed E-state index contributed by atoms with van der Waals surface area (Å²) in [5.74, 6) is 0.657. The highest BCUT2D eigenvalue weighted by Crippen LogP contribution is 2.25. The molecule has 0 saturated carbocycles. The number of nitrogens with zero attached hydrogens (tertiary/aromatic N) is 3. The van der Waals surface area contributed by atoms with Crippen LogP contribution in [0.1, 0.15) is 29.7 Å². The largest absolute Gasteiger partial charge is 0.316 e. The molecule has 116 valence electrons. The van der Waals surface area contributed by atoms with Crippen molar-refractivity contribution in [3.8, 4) is 0 Å². The van der Waals surface area contributed by atoms with Crippen molar-refractivity contribution in [1.29, 1.82) is 0 Å². The average Bonchev–Trinajstić information content (AvgIpc) is 2.43. The minimum absolute atomic E-state index is 0.202. The molecule has 0 bridgehead atoms. The molecule has 2 heterocycles. The molecule has 2 rings (SSSR count). The molecule has 0 amide bonds. The topological polar surface area (TPSA) is 71.3 Å². The molecule has 1 atom stereocenters. The van der Waals surface area contributed by atoms with Gasteiger partial charge in [-0.2, -0.15) is 0 Å². The van der Waals surface area contributed by atoms with Crippen LogP contribution in [0.15, 0.2) is 6.20 Å². The molecule has 6 nitrogen and oxygen atoms in total.